The first-order valence-electron chi connectivity index (χ1n) is 8.64. The van der Waals surface area contributed by atoms with Crippen LogP contribution in [-0.4, -0.2) is 36.1 Å². The van der Waals surface area contributed by atoms with Crippen molar-refractivity contribution in [2.75, 3.05) is 13.2 Å². The van der Waals surface area contributed by atoms with Crippen LogP contribution in [0.25, 0.3) is 0 Å². The highest BCUT2D eigenvalue weighted by Gasteiger charge is 2.57. The van der Waals surface area contributed by atoms with Gasteiger partial charge in [-0.2, -0.15) is 0 Å². The van der Waals surface area contributed by atoms with Crippen LogP contribution in [0.1, 0.15) is 51.4 Å². The van der Waals surface area contributed by atoms with Crippen molar-refractivity contribution in [3.63, 3.8) is 0 Å². The highest BCUT2D eigenvalue weighted by atomic mass is 16.5. The molecule has 4 aliphatic carbocycles. The number of hydrogen-bond donors (Lipinski definition) is 0. The summed E-state index contributed by atoms with van der Waals surface area (Å²) in [6.45, 7) is 1.57. The zero-order chi connectivity index (χ0) is 13.3. The van der Waals surface area contributed by atoms with Gasteiger partial charge in [-0.05, 0) is 69.1 Å². The second-order valence-electron chi connectivity index (χ2n) is 8.33. The highest BCUT2D eigenvalue weighted by Crippen LogP contribution is 2.61. The molecule has 1 amide bonds. The lowest BCUT2D eigenvalue weighted by molar-refractivity contribution is -0.167. The molecule has 6 bridgehead atoms. The number of nitrogens with zero attached hydrogens (tertiary/aromatic N) is 1. The second kappa shape index (κ2) is 4.00. The summed E-state index contributed by atoms with van der Waals surface area (Å²) in [4.78, 5) is 15.7. The number of fused-ring (bicyclic) bond motifs is 2. The Bertz CT molecular complexity index is 395. The van der Waals surface area contributed by atoms with E-state index >= 15 is 0 Å². The molecule has 4 saturated carbocycles. The van der Waals surface area contributed by atoms with Gasteiger partial charge in [0, 0.05) is 0 Å². The van der Waals surface area contributed by atoms with Crippen molar-refractivity contribution in [2.24, 2.45) is 23.2 Å². The van der Waals surface area contributed by atoms with Crippen LogP contribution in [0, 0.1) is 23.2 Å². The fourth-order valence-corrected chi connectivity index (χ4v) is 6.61. The zero-order valence-electron chi connectivity index (χ0n) is 12.2. The quantitative estimate of drug-likeness (QED) is 0.736. The average Bonchev–Trinajstić information content (AvgIpc) is 2.65. The zero-order valence-corrected chi connectivity index (χ0v) is 12.2. The van der Waals surface area contributed by atoms with E-state index in [2.05, 4.69) is 4.90 Å². The van der Waals surface area contributed by atoms with Gasteiger partial charge in [0.2, 0.25) is 5.91 Å². The molecule has 0 aromatic carbocycles. The Hall–Kier alpha value is -0.570. The Labute approximate surface area is 121 Å². The van der Waals surface area contributed by atoms with E-state index in [4.69, 9.17) is 4.74 Å². The van der Waals surface area contributed by atoms with E-state index < -0.39 is 0 Å². The highest BCUT2D eigenvalue weighted by molar-refractivity contribution is 5.84. The van der Waals surface area contributed by atoms with Crippen LogP contribution in [0.2, 0.25) is 0 Å². The predicted molar refractivity (Wildman–Crippen MR) is 75.1 cm³/mol. The first-order chi connectivity index (χ1) is 9.73. The summed E-state index contributed by atoms with van der Waals surface area (Å²) < 4.78 is 5.66. The molecule has 20 heavy (non-hydrogen) atoms. The van der Waals surface area contributed by atoms with Crippen LogP contribution in [0.4, 0.5) is 0 Å². The number of carbonyl (C=O) groups excluding carboxylic acids is 1. The van der Waals surface area contributed by atoms with Gasteiger partial charge in [-0.3, -0.25) is 4.79 Å². The smallest absolute Gasteiger partial charge is 0.229 e. The molecule has 0 radical (unpaired) electrons. The number of hydrogen-bond acceptors (Lipinski definition) is 2. The van der Waals surface area contributed by atoms with E-state index in [9.17, 15) is 4.79 Å². The molecule has 6 aliphatic rings. The summed E-state index contributed by atoms with van der Waals surface area (Å²) in [7, 11) is 0. The first-order valence-corrected chi connectivity index (χ1v) is 8.64. The molecule has 6 fully saturated rings. The largest absolute Gasteiger partial charge is 0.377 e. The molecule has 6 rings (SSSR count). The van der Waals surface area contributed by atoms with Crippen LogP contribution in [0.3, 0.4) is 0 Å². The lowest BCUT2D eigenvalue weighted by Crippen LogP contribution is -2.59. The van der Waals surface area contributed by atoms with Crippen molar-refractivity contribution in [1.29, 1.82) is 0 Å². The van der Waals surface area contributed by atoms with E-state index in [1.54, 1.807) is 0 Å². The molecule has 0 N–H and O–H groups in total. The number of carbonyl (C=O) groups is 1. The Morgan fingerprint density at radius 2 is 1.40 bits per heavy atom. The number of rotatable bonds is 1. The summed E-state index contributed by atoms with van der Waals surface area (Å²) in [5, 5.41) is 0. The number of ether oxygens (including phenoxy) is 1. The van der Waals surface area contributed by atoms with E-state index in [1.165, 1.54) is 51.4 Å². The average molecular weight is 275 g/mol. The third-order valence-corrected chi connectivity index (χ3v) is 6.97. The topological polar surface area (TPSA) is 29.5 Å². The molecular formula is C17H25NO2. The monoisotopic (exact) mass is 275 g/mol. The summed E-state index contributed by atoms with van der Waals surface area (Å²) in [5.74, 6) is 3.13. The predicted octanol–water partition coefficient (Wildman–Crippen LogP) is 2.59. The van der Waals surface area contributed by atoms with Gasteiger partial charge in [0.05, 0.1) is 30.7 Å². The molecule has 2 aliphatic heterocycles. The maximum atomic E-state index is 13.4. The first kappa shape index (κ1) is 12.0. The Morgan fingerprint density at radius 1 is 0.900 bits per heavy atom. The fraction of sp³-hybridized carbons (Fsp3) is 0.941. The van der Waals surface area contributed by atoms with Gasteiger partial charge in [0.15, 0.2) is 0 Å². The van der Waals surface area contributed by atoms with E-state index in [-0.39, 0.29) is 5.41 Å². The van der Waals surface area contributed by atoms with E-state index in [1.807, 2.05) is 0 Å². The minimum absolute atomic E-state index is 0.0485. The Morgan fingerprint density at radius 3 is 1.90 bits per heavy atom. The van der Waals surface area contributed by atoms with Crippen molar-refractivity contribution >= 4 is 5.91 Å². The summed E-state index contributed by atoms with van der Waals surface area (Å²) in [5.41, 5.74) is 0.0485. The molecule has 0 unspecified atom stereocenters. The van der Waals surface area contributed by atoms with Gasteiger partial charge in [-0.1, -0.05) is 0 Å². The summed E-state index contributed by atoms with van der Waals surface area (Å²) in [6.07, 6.45) is 10.2. The molecule has 2 atom stereocenters. The molecular weight excluding hydrogens is 250 g/mol. The van der Waals surface area contributed by atoms with Crippen molar-refractivity contribution in [3.05, 3.63) is 0 Å². The normalized spacial score (nSPS) is 52.6. The van der Waals surface area contributed by atoms with Crippen LogP contribution >= 0.6 is 0 Å². The van der Waals surface area contributed by atoms with Crippen molar-refractivity contribution in [3.8, 4) is 0 Å². The molecule has 2 saturated heterocycles. The molecule has 0 aromatic rings. The van der Waals surface area contributed by atoms with Crippen LogP contribution in [0.5, 0.6) is 0 Å². The maximum Gasteiger partial charge on any atom is 0.229 e. The third-order valence-electron chi connectivity index (χ3n) is 6.97. The van der Waals surface area contributed by atoms with Crippen LogP contribution < -0.4 is 0 Å². The Kier molecular flexibility index (Phi) is 2.40. The number of amides is 1. The second-order valence-corrected chi connectivity index (χ2v) is 8.33. The minimum Gasteiger partial charge on any atom is -0.377 e. The standard InChI is InChI=1S/C17H25NO2/c19-16(18-14-1-2-15(18)10-20-9-14)17-6-11-3-12(7-17)5-13(4-11)8-17/h11-15H,1-10H2/t11?,12?,13?,14-,15-,17?/m1/s1. The van der Waals surface area contributed by atoms with Gasteiger partial charge in [0.25, 0.3) is 0 Å². The minimum atomic E-state index is 0.0485. The molecule has 3 heteroatoms. The van der Waals surface area contributed by atoms with Crippen LogP contribution in [-0.2, 0) is 9.53 Å². The fourth-order valence-electron chi connectivity index (χ4n) is 6.61. The SMILES string of the molecule is O=C(N1[C@@H]2CC[C@@H]1COC2)C12CC3CC(CC(C3)C1)C2. The summed E-state index contributed by atoms with van der Waals surface area (Å²) in [6, 6.07) is 0.795. The summed E-state index contributed by atoms with van der Waals surface area (Å²) >= 11 is 0. The van der Waals surface area contributed by atoms with Gasteiger partial charge in [-0.25, -0.2) is 0 Å². The number of morpholine rings is 1. The van der Waals surface area contributed by atoms with E-state index in [0.29, 0.717) is 18.0 Å². The van der Waals surface area contributed by atoms with Gasteiger partial charge in [0.1, 0.15) is 0 Å². The lowest BCUT2D eigenvalue weighted by atomic mass is 9.49. The maximum absolute atomic E-state index is 13.4. The van der Waals surface area contributed by atoms with Crippen molar-refractivity contribution < 1.29 is 9.53 Å². The Balaban J connectivity index is 1.46. The molecule has 110 valence electrons. The molecule has 2 heterocycles. The van der Waals surface area contributed by atoms with Crippen molar-refractivity contribution in [2.45, 2.75) is 63.5 Å². The van der Waals surface area contributed by atoms with Crippen molar-refractivity contribution in [1.82, 2.24) is 4.90 Å². The molecule has 3 nitrogen and oxygen atoms in total. The van der Waals surface area contributed by atoms with Gasteiger partial charge < -0.3 is 9.64 Å². The van der Waals surface area contributed by atoms with Gasteiger partial charge >= 0.3 is 0 Å². The third kappa shape index (κ3) is 1.53. The van der Waals surface area contributed by atoms with Gasteiger partial charge in [-0.15, -0.1) is 0 Å². The van der Waals surface area contributed by atoms with Crippen LogP contribution in [0.15, 0.2) is 0 Å². The lowest BCUT2D eigenvalue weighted by Gasteiger charge is -2.57. The molecule has 0 spiro atoms. The van der Waals surface area contributed by atoms with E-state index in [0.717, 1.165) is 31.0 Å². The molecule has 0 aromatic heterocycles.